The van der Waals surface area contributed by atoms with Crippen molar-refractivity contribution < 1.29 is 19.4 Å². The van der Waals surface area contributed by atoms with Gasteiger partial charge in [0.2, 0.25) is 5.91 Å². The van der Waals surface area contributed by atoms with Crippen molar-refractivity contribution in [3.05, 3.63) is 0 Å². The first kappa shape index (κ1) is 15.9. The number of carbonyl (C=O) groups excluding carboxylic acids is 1. The van der Waals surface area contributed by atoms with Crippen molar-refractivity contribution in [2.24, 2.45) is 11.7 Å². The lowest BCUT2D eigenvalue weighted by Crippen LogP contribution is -2.52. The van der Waals surface area contributed by atoms with Crippen molar-refractivity contribution in [2.45, 2.75) is 45.4 Å². The highest BCUT2D eigenvalue weighted by molar-refractivity contribution is 5.87. The van der Waals surface area contributed by atoms with Crippen LogP contribution in [0.3, 0.4) is 0 Å². The first-order valence-corrected chi connectivity index (χ1v) is 5.61. The van der Waals surface area contributed by atoms with E-state index in [1.807, 2.05) is 13.8 Å². The van der Waals surface area contributed by atoms with Gasteiger partial charge in [-0.05, 0) is 19.3 Å². The van der Waals surface area contributed by atoms with Crippen LogP contribution in [0.25, 0.3) is 0 Å². The van der Waals surface area contributed by atoms with E-state index in [9.17, 15) is 9.59 Å². The summed E-state index contributed by atoms with van der Waals surface area (Å²) in [6, 6.07) is -1.77. The molecule has 6 heteroatoms. The number of rotatable bonds is 7. The van der Waals surface area contributed by atoms with Crippen LogP contribution in [-0.2, 0) is 14.3 Å². The van der Waals surface area contributed by atoms with Gasteiger partial charge in [0.25, 0.3) is 0 Å². The van der Waals surface area contributed by atoms with E-state index in [1.54, 1.807) is 6.92 Å². The number of hydrogen-bond donors (Lipinski definition) is 3. The van der Waals surface area contributed by atoms with Crippen LogP contribution in [0.4, 0.5) is 0 Å². The molecule has 100 valence electrons. The fraction of sp³-hybridized carbons (Fsp3) is 0.818. The molecular weight excluding hydrogens is 224 g/mol. The highest BCUT2D eigenvalue weighted by Crippen LogP contribution is 2.05. The monoisotopic (exact) mass is 246 g/mol. The summed E-state index contributed by atoms with van der Waals surface area (Å²) in [6.45, 7) is 5.43. The molecular formula is C11H22N2O4. The van der Waals surface area contributed by atoms with Crippen molar-refractivity contribution >= 4 is 11.9 Å². The Morgan fingerprint density at radius 1 is 1.35 bits per heavy atom. The maximum Gasteiger partial charge on any atom is 0.326 e. The van der Waals surface area contributed by atoms with Gasteiger partial charge in [-0.2, -0.15) is 0 Å². The Morgan fingerprint density at radius 2 is 1.88 bits per heavy atom. The van der Waals surface area contributed by atoms with Crippen LogP contribution in [-0.4, -0.2) is 42.3 Å². The molecule has 6 nitrogen and oxygen atoms in total. The van der Waals surface area contributed by atoms with Crippen LogP contribution in [0.15, 0.2) is 0 Å². The van der Waals surface area contributed by atoms with Crippen molar-refractivity contribution in [3.63, 3.8) is 0 Å². The predicted octanol–water partition coefficient (Wildman–Crippen LogP) is -0.0359. The largest absolute Gasteiger partial charge is 0.480 e. The first-order chi connectivity index (χ1) is 7.79. The molecule has 0 saturated carbocycles. The van der Waals surface area contributed by atoms with Crippen molar-refractivity contribution in [2.75, 3.05) is 7.11 Å². The van der Waals surface area contributed by atoms with Crippen molar-refractivity contribution in [1.82, 2.24) is 5.32 Å². The number of methoxy groups -OCH3 is 1. The Kier molecular flexibility index (Phi) is 6.75. The minimum atomic E-state index is -1.05. The maximum atomic E-state index is 11.7. The molecule has 0 aromatic rings. The summed E-state index contributed by atoms with van der Waals surface area (Å²) in [5.41, 5.74) is 5.62. The molecule has 17 heavy (non-hydrogen) atoms. The molecule has 0 radical (unpaired) electrons. The Labute approximate surface area is 102 Å². The lowest BCUT2D eigenvalue weighted by molar-refractivity contribution is -0.143. The van der Waals surface area contributed by atoms with E-state index in [0.717, 1.165) is 0 Å². The number of carbonyl (C=O) groups is 2. The van der Waals surface area contributed by atoms with Gasteiger partial charge in [-0.1, -0.05) is 13.8 Å². The molecule has 0 aliphatic rings. The van der Waals surface area contributed by atoms with E-state index >= 15 is 0 Å². The minimum absolute atomic E-state index is 0.174. The molecule has 0 bridgehead atoms. The van der Waals surface area contributed by atoms with Crippen LogP contribution in [0.1, 0.15) is 27.2 Å². The molecule has 0 fully saturated rings. The van der Waals surface area contributed by atoms with Gasteiger partial charge in [0.15, 0.2) is 0 Å². The molecule has 0 aliphatic carbocycles. The molecule has 0 rings (SSSR count). The normalized spacial score (nSPS) is 16.4. The van der Waals surface area contributed by atoms with E-state index in [4.69, 9.17) is 15.6 Å². The second kappa shape index (κ2) is 7.24. The van der Waals surface area contributed by atoms with Gasteiger partial charge in [-0.3, -0.25) is 4.79 Å². The molecule has 0 aliphatic heterocycles. The predicted molar refractivity (Wildman–Crippen MR) is 63.5 cm³/mol. The standard InChI is InChI=1S/C11H22N2O4/c1-6(2)5-8(11(15)16)13-10(14)9(12)7(3)17-4/h6-9H,5,12H2,1-4H3,(H,13,14)(H,15,16)/t7-,8+,9+/m1/s1. The molecule has 0 heterocycles. The van der Waals surface area contributed by atoms with Gasteiger partial charge in [-0.25, -0.2) is 4.79 Å². The fourth-order valence-corrected chi connectivity index (χ4v) is 1.32. The quantitative estimate of drug-likeness (QED) is 0.585. The van der Waals surface area contributed by atoms with E-state index < -0.39 is 30.1 Å². The van der Waals surface area contributed by atoms with Gasteiger partial charge < -0.3 is 20.9 Å². The number of carboxylic acid groups (broad SMARTS) is 1. The number of nitrogens with two attached hydrogens (primary N) is 1. The van der Waals surface area contributed by atoms with Gasteiger partial charge in [0.1, 0.15) is 12.1 Å². The highest BCUT2D eigenvalue weighted by atomic mass is 16.5. The topological polar surface area (TPSA) is 102 Å². The third-order valence-corrected chi connectivity index (χ3v) is 2.50. The molecule has 1 amide bonds. The summed E-state index contributed by atoms with van der Waals surface area (Å²) in [4.78, 5) is 22.6. The average Bonchev–Trinajstić information content (AvgIpc) is 2.25. The van der Waals surface area contributed by atoms with E-state index in [0.29, 0.717) is 6.42 Å². The number of hydrogen-bond acceptors (Lipinski definition) is 4. The van der Waals surface area contributed by atoms with Crippen LogP contribution in [0.2, 0.25) is 0 Å². The minimum Gasteiger partial charge on any atom is -0.480 e. The van der Waals surface area contributed by atoms with Crippen molar-refractivity contribution in [3.8, 4) is 0 Å². The van der Waals surface area contributed by atoms with Gasteiger partial charge in [0, 0.05) is 7.11 Å². The van der Waals surface area contributed by atoms with Crippen LogP contribution in [0, 0.1) is 5.92 Å². The summed E-state index contributed by atoms with van der Waals surface area (Å²) >= 11 is 0. The van der Waals surface area contributed by atoms with E-state index in [1.165, 1.54) is 7.11 Å². The zero-order valence-corrected chi connectivity index (χ0v) is 10.8. The van der Waals surface area contributed by atoms with Gasteiger partial charge in [-0.15, -0.1) is 0 Å². The smallest absolute Gasteiger partial charge is 0.326 e. The summed E-state index contributed by atoms with van der Waals surface area (Å²) in [6.07, 6.45) is -0.0849. The Hall–Kier alpha value is -1.14. The maximum absolute atomic E-state index is 11.7. The summed E-state index contributed by atoms with van der Waals surface area (Å²) in [5.74, 6) is -1.39. The lowest BCUT2D eigenvalue weighted by atomic mass is 10.0. The van der Waals surface area contributed by atoms with Crippen LogP contribution < -0.4 is 11.1 Å². The van der Waals surface area contributed by atoms with Crippen LogP contribution >= 0.6 is 0 Å². The number of nitrogens with one attached hydrogen (secondary N) is 1. The molecule has 0 spiro atoms. The SMILES string of the molecule is CO[C@H](C)[C@H](N)C(=O)N[C@@H](CC(C)C)C(=O)O. The second-order valence-electron chi connectivity index (χ2n) is 4.50. The number of ether oxygens (including phenoxy) is 1. The third-order valence-electron chi connectivity index (χ3n) is 2.50. The van der Waals surface area contributed by atoms with E-state index in [-0.39, 0.29) is 5.92 Å². The van der Waals surface area contributed by atoms with E-state index in [2.05, 4.69) is 5.32 Å². The highest BCUT2D eigenvalue weighted by Gasteiger charge is 2.26. The number of amides is 1. The fourth-order valence-electron chi connectivity index (χ4n) is 1.32. The molecule has 0 saturated heterocycles. The molecule has 0 unspecified atom stereocenters. The van der Waals surface area contributed by atoms with Crippen molar-refractivity contribution in [1.29, 1.82) is 0 Å². The Balaban J connectivity index is 4.45. The first-order valence-electron chi connectivity index (χ1n) is 5.61. The zero-order chi connectivity index (χ0) is 13.6. The average molecular weight is 246 g/mol. The number of carboxylic acids is 1. The third kappa shape index (κ3) is 5.65. The van der Waals surface area contributed by atoms with Crippen LogP contribution in [0.5, 0.6) is 0 Å². The molecule has 0 aromatic heterocycles. The van der Waals surface area contributed by atoms with Gasteiger partial charge in [0.05, 0.1) is 6.10 Å². The molecule has 3 atom stereocenters. The molecule has 4 N–H and O–H groups in total. The second-order valence-corrected chi connectivity index (χ2v) is 4.50. The summed E-state index contributed by atoms with van der Waals surface area (Å²) < 4.78 is 4.92. The summed E-state index contributed by atoms with van der Waals surface area (Å²) in [5, 5.41) is 11.4. The Bertz CT molecular complexity index is 268. The van der Waals surface area contributed by atoms with Gasteiger partial charge >= 0.3 is 5.97 Å². The lowest BCUT2D eigenvalue weighted by Gasteiger charge is -2.21. The molecule has 0 aromatic carbocycles. The number of aliphatic carboxylic acids is 1. The zero-order valence-electron chi connectivity index (χ0n) is 10.8. The Morgan fingerprint density at radius 3 is 2.24 bits per heavy atom. The summed E-state index contributed by atoms with van der Waals surface area (Å²) in [7, 11) is 1.45.